The Kier molecular flexibility index (Phi) is 2.95. The lowest BCUT2D eigenvalue weighted by Gasteiger charge is -2.05. The zero-order valence-electron chi connectivity index (χ0n) is 8.75. The van der Waals surface area contributed by atoms with Crippen LogP contribution >= 0.6 is 12.2 Å². The van der Waals surface area contributed by atoms with E-state index in [4.69, 9.17) is 12.2 Å². The van der Waals surface area contributed by atoms with Crippen LogP contribution in [0.5, 0.6) is 0 Å². The molecule has 0 spiro atoms. The average molecular weight is 237 g/mol. The van der Waals surface area contributed by atoms with Crippen molar-refractivity contribution in [3.8, 4) is 0 Å². The summed E-state index contributed by atoms with van der Waals surface area (Å²) in [4.78, 5) is 13.5. The molecule has 0 amide bonds. The molecular weight excluding hydrogens is 226 g/mol. The monoisotopic (exact) mass is 237 g/mol. The third-order valence-corrected chi connectivity index (χ3v) is 2.61. The number of nitrogens with one attached hydrogen (secondary N) is 1. The zero-order valence-corrected chi connectivity index (χ0v) is 9.57. The first-order valence-electron chi connectivity index (χ1n) is 4.79. The van der Waals surface area contributed by atoms with E-state index in [0.29, 0.717) is 11.3 Å². The van der Waals surface area contributed by atoms with Crippen molar-refractivity contribution in [2.24, 2.45) is 7.05 Å². The second-order valence-electron chi connectivity index (χ2n) is 3.41. The van der Waals surface area contributed by atoms with Crippen LogP contribution in [0, 0.1) is 4.77 Å². The van der Waals surface area contributed by atoms with Gasteiger partial charge in [-0.25, -0.2) is 0 Å². The fourth-order valence-electron chi connectivity index (χ4n) is 1.37. The van der Waals surface area contributed by atoms with Crippen LogP contribution in [0.4, 0.5) is 0 Å². The van der Waals surface area contributed by atoms with Crippen molar-refractivity contribution < 1.29 is 0 Å². The van der Waals surface area contributed by atoms with Crippen LogP contribution < -0.4 is 5.56 Å². The van der Waals surface area contributed by atoms with Crippen LogP contribution in [-0.2, 0) is 20.0 Å². The second kappa shape index (κ2) is 4.40. The molecule has 16 heavy (non-hydrogen) atoms. The molecule has 0 aromatic carbocycles. The topological polar surface area (TPSA) is 68.5 Å². The van der Waals surface area contributed by atoms with Crippen molar-refractivity contribution in [2.75, 3.05) is 0 Å². The minimum Gasteiger partial charge on any atom is -0.325 e. The number of hydrogen-bond acceptors (Lipinski definition) is 4. The lowest BCUT2D eigenvalue weighted by atomic mass is 10.4. The van der Waals surface area contributed by atoms with E-state index in [9.17, 15) is 4.79 Å². The van der Waals surface area contributed by atoms with Crippen molar-refractivity contribution >= 4 is 12.2 Å². The van der Waals surface area contributed by atoms with E-state index >= 15 is 0 Å². The highest BCUT2D eigenvalue weighted by Crippen LogP contribution is 1.96. The molecular formula is C9H11N5OS. The third-order valence-electron chi connectivity index (χ3n) is 2.28. The van der Waals surface area contributed by atoms with Gasteiger partial charge in [-0.15, -0.1) is 10.2 Å². The van der Waals surface area contributed by atoms with Gasteiger partial charge in [-0.05, 0) is 12.2 Å². The predicted octanol–water partition coefficient (Wildman–Crippen LogP) is 0.277. The minimum atomic E-state index is -0.181. The molecule has 0 atom stereocenters. The molecule has 0 saturated heterocycles. The summed E-state index contributed by atoms with van der Waals surface area (Å²) in [5, 5.41) is 7.76. The van der Waals surface area contributed by atoms with Crippen LogP contribution in [0.2, 0.25) is 0 Å². The highest BCUT2D eigenvalue weighted by atomic mass is 32.1. The molecule has 0 aliphatic rings. The van der Waals surface area contributed by atoms with Crippen LogP contribution in [0.25, 0.3) is 0 Å². The number of aromatic amines is 1. The summed E-state index contributed by atoms with van der Waals surface area (Å²) in [6.07, 6.45) is 4.05. The van der Waals surface area contributed by atoms with E-state index in [0.717, 1.165) is 12.2 Å². The number of rotatable bonds is 3. The third kappa shape index (κ3) is 2.25. The van der Waals surface area contributed by atoms with Crippen LogP contribution in [0.3, 0.4) is 0 Å². The second-order valence-corrected chi connectivity index (χ2v) is 3.80. The van der Waals surface area contributed by atoms with Gasteiger partial charge in [-0.1, -0.05) is 0 Å². The number of aromatic nitrogens is 5. The van der Waals surface area contributed by atoms with Gasteiger partial charge in [-0.3, -0.25) is 9.78 Å². The molecule has 84 valence electrons. The summed E-state index contributed by atoms with van der Waals surface area (Å²) >= 11 is 5.03. The molecule has 0 radical (unpaired) electrons. The largest absolute Gasteiger partial charge is 0.325 e. The Morgan fingerprint density at radius 3 is 3.00 bits per heavy atom. The van der Waals surface area contributed by atoms with E-state index in [1.807, 2.05) is 11.6 Å². The number of aryl methyl sites for hydroxylation is 3. The minimum absolute atomic E-state index is 0.181. The van der Waals surface area contributed by atoms with Crippen molar-refractivity contribution in [3.05, 3.63) is 39.5 Å². The number of hydrogen-bond donors (Lipinski definition) is 1. The molecule has 2 rings (SSSR count). The lowest BCUT2D eigenvalue weighted by Crippen LogP contribution is -2.13. The molecule has 7 heteroatoms. The molecule has 6 nitrogen and oxygen atoms in total. The van der Waals surface area contributed by atoms with Gasteiger partial charge >= 0.3 is 0 Å². The predicted molar refractivity (Wildman–Crippen MR) is 60.6 cm³/mol. The van der Waals surface area contributed by atoms with Crippen molar-refractivity contribution in [2.45, 2.75) is 13.0 Å². The van der Waals surface area contributed by atoms with E-state index in [1.165, 1.54) is 6.07 Å². The van der Waals surface area contributed by atoms with Crippen molar-refractivity contribution in [1.82, 2.24) is 24.3 Å². The Morgan fingerprint density at radius 1 is 1.56 bits per heavy atom. The molecule has 2 aromatic rings. The van der Waals surface area contributed by atoms with E-state index in [2.05, 4.69) is 15.2 Å². The van der Waals surface area contributed by atoms with Gasteiger partial charge in [0.15, 0.2) is 4.77 Å². The standard InChI is InChI=1S/C9H11N5OS/c1-13-6-10-12-7(13)2-4-14-5-3-8(15)11-9(14)16/h3,5-6H,2,4H2,1H3,(H,11,15,16). The highest BCUT2D eigenvalue weighted by Gasteiger charge is 2.01. The first-order chi connectivity index (χ1) is 7.66. The van der Waals surface area contributed by atoms with Crippen LogP contribution in [-0.4, -0.2) is 24.3 Å². The average Bonchev–Trinajstić information content (AvgIpc) is 2.63. The van der Waals surface area contributed by atoms with Crippen molar-refractivity contribution in [3.63, 3.8) is 0 Å². The summed E-state index contributed by atoms with van der Waals surface area (Å²) in [5.74, 6) is 0.883. The smallest absolute Gasteiger partial charge is 0.251 e. The van der Waals surface area contributed by atoms with Crippen LogP contribution in [0.15, 0.2) is 23.4 Å². The molecule has 1 N–H and O–H groups in total. The Morgan fingerprint density at radius 2 is 2.38 bits per heavy atom. The molecule has 0 fully saturated rings. The summed E-state index contributed by atoms with van der Waals surface area (Å²) < 4.78 is 4.08. The Labute approximate surface area is 96.6 Å². The lowest BCUT2D eigenvalue weighted by molar-refractivity contribution is 0.626. The van der Waals surface area contributed by atoms with Gasteiger partial charge in [0, 0.05) is 32.3 Å². The Hall–Kier alpha value is -1.76. The summed E-state index contributed by atoms with van der Waals surface area (Å²) in [6, 6.07) is 1.45. The van der Waals surface area contributed by atoms with Gasteiger partial charge in [0.05, 0.1) is 0 Å². The summed E-state index contributed by atoms with van der Waals surface area (Å²) in [7, 11) is 1.89. The molecule has 0 unspecified atom stereocenters. The van der Waals surface area contributed by atoms with Gasteiger partial charge < -0.3 is 9.13 Å². The maximum Gasteiger partial charge on any atom is 0.251 e. The molecule has 0 bridgehead atoms. The number of H-pyrrole nitrogens is 1. The molecule has 2 aromatic heterocycles. The van der Waals surface area contributed by atoms with E-state index in [-0.39, 0.29) is 5.56 Å². The quantitative estimate of drug-likeness (QED) is 0.778. The van der Waals surface area contributed by atoms with E-state index in [1.54, 1.807) is 17.1 Å². The first-order valence-corrected chi connectivity index (χ1v) is 5.20. The molecule has 0 aliphatic heterocycles. The maximum absolute atomic E-state index is 11.0. The Balaban J connectivity index is 2.14. The molecule has 0 aliphatic carbocycles. The summed E-state index contributed by atoms with van der Waals surface area (Å²) in [6.45, 7) is 0.669. The zero-order chi connectivity index (χ0) is 11.5. The molecule has 0 saturated carbocycles. The molecule has 2 heterocycles. The van der Waals surface area contributed by atoms with E-state index < -0.39 is 0 Å². The maximum atomic E-state index is 11.0. The van der Waals surface area contributed by atoms with Crippen LogP contribution in [0.1, 0.15) is 5.82 Å². The van der Waals surface area contributed by atoms with Gasteiger partial charge in [-0.2, -0.15) is 0 Å². The first kappa shape index (κ1) is 10.7. The van der Waals surface area contributed by atoms with Crippen molar-refractivity contribution in [1.29, 1.82) is 0 Å². The summed E-state index contributed by atoms with van der Waals surface area (Å²) in [5.41, 5.74) is -0.181. The Bertz CT molecular complexity index is 596. The van der Waals surface area contributed by atoms with Gasteiger partial charge in [0.2, 0.25) is 0 Å². The van der Waals surface area contributed by atoms with Gasteiger partial charge in [0.1, 0.15) is 12.2 Å². The highest BCUT2D eigenvalue weighted by molar-refractivity contribution is 7.71. The van der Waals surface area contributed by atoms with Gasteiger partial charge in [0.25, 0.3) is 5.56 Å². The fraction of sp³-hybridized carbons (Fsp3) is 0.333. The SMILES string of the molecule is Cn1cnnc1CCn1ccc(=O)[nH]c1=S. The normalized spacial score (nSPS) is 10.6. The fourth-order valence-corrected chi connectivity index (χ4v) is 1.63. The number of nitrogens with zero attached hydrogens (tertiary/aromatic N) is 4.